The van der Waals surface area contributed by atoms with Gasteiger partial charge < -0.3 is 14.6 Å². The number of likely N-dealkylation sites (tertiary alicyclic amines) is 1. The number of rotatable bonds is 6. The number of anilines is 1. The molecule has 4 rings (SSSR count). The van der Waals surface area contributed by atoms with E-state index in [-0.39, 0.29) is 11.8 Å². The van der Waals surface area contributed by atoms with Crippen molar-refractivity contribution in [3.05, 3.63) is 53.2 Å². The van der Waals surface area contributed by atoms with Gasteiger partial charge in [0.2, 0.25) is 17.6 Å². The van der Waals surface area contributed by atoms with Gasteiger partial charge in [0.05, 0.1) is 29.8 Å². The molecule has 0 bridgehead atoms. The molecule has 1 aliphatic rings. The number of aromatic nitrogens is 2. The third kappa shape index (κ3) is 4.58. The van der Waals surface area contributed by atoms with Crippen LogP contribution in [0.15, 0.2) is 46.3 Å². The van der Waals surface area contributed by atoms with Crippen LogP contribution in [-0.2, 0) is 16.1 Å². The van der Waals surface area contributed by atoms with E-state index in [1.807, 2.05) is 17.5 Å². The lowest BCUT2D eigenvalue weighted by Gasteiger charge is -2.30. The summed E-state index contributed by atoms with van der Waals surface area (Å²) >= 11 is 1.57. The van der Waals surface area contributed by atoms with Gasteiger partial charge in [-0.1, -0.05) is 23.4 Å². The summed E-state index contributed by atoms with van der Waals surface area (Å²) in [7, 11) is 1.32. The lowest BCUT2D eigenvalue weighted by Crippen LogP contribution is -2.38. The van der Waals surface area contributed by atoms with Crippen molar-refractivity contribution in [2.24, 2.45) is 5.92 Å². The zero-order valence-corrected chi connectivity index (χ0v) is 17.4. The summed E-state index contributed by atoms with van der Waals surface area (Å²) in [5, 5.41) is 8.90. The van der Waals surface area contributed by atoms with Crippen LogP contribution < -0.4 is 5.32 Å². The summed E-state index contributed by atoms with van der Waals surface area (Å²) in [5.41, 5.74) is 0.826. The zero-order chi connectivity index (χ0) is 20.9. The Morgan fingerprint density at radius 3 is 2.77 bits per heavy atom. The fourth-order valence-corrected chi connectivity index (χ4v) is 4.13. The number of amides is 1. The van der Waals surface area contributed by atoms with Crippen LogP contribution in [0.3, 0.4) is 0 Å². The number of nitrogens with zero attached hydrogens (tertiary/aromatic N) is 3. The summed E-state index contributed by atoms with van der Waals surface area (Å²) in [6, 6.07) is 10.8. The molecule has 0 saturated carbocycles. The number of thiophene rings is 1. The van der Waals surface area contributed by atoms with Crippen molar-refractivity contribution in [1.29, 1.82) is 0 Å². The summed E-state index contributed by atoms with van der Waals surface area (Å²) < 4.78 is 10.2. The zero-order valence-electron chi connectivity index (χ0n) is 16.5. The van der Waals surface area contributed by atoms with Gasteiger partial charge in [-0.05, 0) is 49.5 Å². The van der Waals surface area contributed by atoms with Crippen LogP contribution in [0.4, 0.5) is 5.69 Å². The molecule has 30 heavy (non-hydrogen) atoms. The molecule has 0 spiro atoms. The maximum absolute atomic E-state index is 12.7. The lowest BCUT2D eigenvalue weighted by atomic mass is 9.95. The Morgan fingerprint density at radius 1 is 1.23 bits per heavy atom. The number of benzene rings is 1. The average Bonchev–Trinajstić information content (AvgIpc) is 3.46. The number of hydrogen-bond donors (Lipinski definition) is 1. The van der Waals surface area contributed by atoms with Gasteiger partial charge in [-0.2, -0.15) is 4.98 Å². The van der Waals surface area contributed by atoms with Crippen molar-refractivity contribution in [2.75, 3.05) is 25.5 Å². The molecule has 0 radical (unpaired) electrons. The molecule has 0 atom stereocenters. The SMILES string of the molecule is COC(=O)c1ccccc1NC(=O)C1CCN(Cc2nc(-c3cccs3)no2)CC1. The predicted octanol–water partition coefficient (Wildman–Crippen LogP) is 3.44. The van der Waals surface area contributed by atoms with Crippen LogP contribution >= 0.6 is 11.3 Å². The van der Waals surface area contributed by atoms with Gasteiger partial charge in [-0.15, -0.1) is 11.3 Å². The second-order valence-corrected chi connectivity index (χ2v) is 8.01. The first-order chi connectivity index (χ1) is 14.6. The van der Waals surface area contributed by atoms with Crippen molar-refractivity contribution < 1.29 is 18.8 Å². The highest BCUT2D eigenvalue weighted by Gasteiger charge is 2.27. The summed E-state index contributed by atoms with van der Waals surface area (Å²) in [6.07, 6.45) is 1.44. The molecule has 1 aliphatic heterocycles. The van der Waals surface area contributed by atoms with E-state index in [0.717, 1.165) is 30.8 Å². The van der Waals surface area contributed by atoms with Gasteiger partial charge >= 0.3 is 5.97 Å². The van der Waals surface area contributed by atoms with E-state index in [9.17, 15) is 9.59 Å². The molecule has 1 fully saturated rings. The number of carbonyl (C=O) groups excluding carboxylic acids is 2. The van der Waals surface area contributed by atoms with Crippen molar-refractivity contribution >= 4 is 28.9 Å². The van der Waals surface area contributed by atoms with Gasteiger partial charge in [0.15, 0.2) is 0 Å². The maximum atomic E-state index is 12.7. The highest BCUT2D eigenvalue weighted by molar-refractivity contribution is 7.13. The van der Waals surface area contributed by atoms with Crippen LogP contribution in [0.1, 0.15) is 29.1 Å². The fraction of sp³-hybridized carbons (Fsp3) is 0.333. The molecule has 0 unspecified atom stereocenters. The van der Waals surface area contributed by atoms with Crippen LogP contribution in [0.25, 0.3) is 10.7 Å². The monoisotopic (exact) mass is 426 g/mol. The first-order valence-corrected chi connectivity index (χ1v) is 10.6. The third-order valence-electron chi connectivity index (χ3n) is 5.12. The number of esters is 1. The summed E-state index contributed by atoms with van der Waals surface area (Å²) in [5.74, 6) is 0.522. The van der Waals surface area contributed by atoms with Crippen LogP contribution in [-0.4, -0.2) is 47.1 Å². The first kappa shape index (κ1) is 20.2. The van der Waals surface area contributed by atoms with Gasteiger partial charge in [-0.3, -0.25) is 9.69 Å². The highest BCUT2D eigenvalue weighted by Crippen LogP contribution is 2.24. The second-order valence-electron chi connectivity index (χ2n) is 7.07. The quantitative estimate of drug-likeness (QED) is 0.603. The molecule has 1 saturated heterocycles. The smallest absolute Gasteiger partial charge is 0.339 e. The first-order valence-electron chi connectivity index (χ1n) is 9.71. The lowest BCUT2D eigenvalue weighted by molar-refractivity contribution is -0.121. The molecule has 8 nitrogen and oxygen atoms in total. The van der Waals surface area contributed by atoms with E-state index < -0.39 is 5.97 Å². The van der Waals surface area contributed by atoms with Gasteiger partial charge in [0, 0.05) is 5.92 Å². The van der Waals surface area contributed by atoms with Crippen molar-refractivity contribution in [1.82, 2.24) is 15.0 Å². The van der Waals surface area contributed by atoms with E-state index in [1.54, 1.807) is 35.6 Å². The van der Waals surface area contributed by atoms with E-state index in [0.29, 0.717) is 29.5 Å². The van der Waals surface area contributed by atoms with Gasteiger partial charge in [-0.25, -0.2) is 4.79 Å². The molecule has 9 heteroatoms. The van der Waals surface area contributed by atoms with E-state index in [1.165, 1.54) is 7.11 Å². The number of hydrogen-bond acceptors (Lipinski definition) is 8. The molecule has 1 aromatic carbocycles. The average molecular weight is 426 g/mol. The number of piperidine rings is 1. The molecular formula is C21H22N4O4S. The number of nitrogens with one attached hydrogen (secondary N) is 1. The molecule has 0 aliphatic carbocycles. The molecule has 1 N–H and O–H groups in total. The molecule has 2 aromatic heterocycles. The van der Waals surface area contributed by atoms with E-state index in [4.69, 9.17) is 9.26 Å². The largest absolute Gasteiger partial charge is 0.465 e. The maximum Gasteiger partial charge on any atom is 0.339 e. The Balaban J connectivity index is 1.30. The number of carbonyl (C=O) groups is 2. The van der Waals surface area contributed by atoms with Gasteiger partial charge in [0.25, 0.3) is 0 Å². The summed E-state index contributed by atoms with van der Waals surface area (Å²) in [6.45, 7) is 2.08. The normalized spacial score (nSPS) is 15.1. The minimum Gasteiger partial charge on any atom is -0.465 e. The number of ether oxygens (including phenoxy) is 1. The van der Waals surface area contributed by atoms with Crippen LogP contribution in [0, 0.1) is 5.92 Å². The Hall–Kier alpha value is -3.04. The van der Waals surface area contributed by atoms with Crippen molar-refractivity contribution in [3.8, 4) is 10.7 Å². The van der Waals surface area contributed by atoms with Gasteiger partial charge in [0.1, 0.15) is 0 Å². The van der Waals surface area contributed by atoms with E-state index in [2.05, 4.69) is 20.4 Å². The van der Waals surface area contributed by atoms with Crippen LogP contribution in [0.2, 0.25) is 0 Å². The van der Waals surface area contributed by atoms with Crippen molar-refractivity contribution in [3.63, 3.8) is 0 Å². The standard InChI is InChI=1S/C21H22N4O4S/c1-28-21(27)15-5-2-3-6-16(15)22-20(26)14-8-10-25(11-9-14)13-18-23-19(24-29-18)17-7-4-12-30-17/h2-7,12,14H,8-11,13H2,1H3,(H,22,26). The highest BCUT2D eigenvalue weighted by atomic mass is 32.1. The van der Waals surface area contributed by atoms with Crippen molar-refractivity contribution in [2.45, 2.75) is 19.4 Å². The molecule has 1 amide bonds. The molecule has 156 valence electrons. The Labute approximate surface area is 177 Å². The van der Waals surface area contributed by atoms with E-state index >= 15 is 0 Å². The minimum atomic E-state index is -0.470. The predicted molar refractivity (Wildman–Crippen MR) is 112 cm³/mol. The number of methoxy groups -OCH3 is 1. The minimum absolute atomic E-state index is 0.0798. The Bertz CT molecular complexity index is 1010. The Kier molecular flexibility index (Phi) is 6.20. The molecule has 3 aromatic rings. The van der Waals surface area contributed by atoms with Crippen LogP contribution in [0.5, 0.6) is 0 Å². The third-order valence-corrected chi connectivity index (χ3v) is 5.98. The number of para-hydroxylation sites is 1. The molecule has 3 heterocycles. The fourth-order valence-electron chi connectivity index (χ4n) is 3.48. The molecular weight excluding hydrogens is 404 g/mol. The topological polar surface area (TPSA) is 97.6 Å². The Morgan fingerprint density at radius 2 is 2.03 bits per heavy atom. The second kappa shape index (κ2) is 9.19. The summed E-state index contributed by atoms with van der Waals surface area (Å²) in [4.78, 5) is 32.2.